The van der Waals surface area contributed by atoms with Crippen LogP contribution in [0.3, 0.4) is 0 Å². The van der Waals surface area contributed by atoms with Crippen molar-refractivity contribution in [1.82, 2.24) is 9.55 Å². The predicted octanol–water partition coefficient (Wildman–Crippen LogP) is -1.19. The molecule has 4 unspecified atom stereocenters. The number of phosphoric acid groups is 3. The lowest BCUT2D eigenvalue weighted by molar-refractivity contribution is -0.138. The number of alkyl halides is 3. The van der Waals surface area contributed by atoms with E-state index in [0.29, 0.717) is 0 Å². The first-order chi connectivity index (χ1) is 14.7. The molecule has 1 saturated heterocycles. The van der Waals surface area contributed by atoms with Crippen molar-refractivity contribution < 1.29 is 74.5 Å². The number of nitrogens with zero attached hydrogens (tertiary/aromatic N) is 2. The Kier molecular flexibility index (Phi) is 8.00. The fourth-order valence-corrected chi connectivity index (χ4v) is 5.48. The Morgan fingerprint density at radius 1 is 1.09 bits per heavy atom. The number of phosphoric ester groups is 1. The highest BCUT2D eigenvalue weighted by atomic mass is 31.3. The summed E-state index contributed by atoms with van der Waals surface area (Å²) in [5.41, 5.74) is 2.05. The maximum atomic E-state index is 13.0. The molecule has 17 nitrogen and oxygen atoms in total. The predicted molar refractivity (Wildman–Crippen MR) is 93.7 cm³/mol. The standard InChI is InChI=1S/C10H15F3N3O14P3/c11-10(12,13)3-1-16(9(19)15-7(3)14)8-6(18)5(17)4(28-8)2-27-32(23,24)30-33(25,26)29-31(20,21)22/h1,4-6,8,17-18H,2H2,(H,23,24)(H,25,26)(H2,14,15,19)(H2,20,21,22)/t4-,5?,6?,8-/m1/s1. The normalized spacial score (nSPS) is 27.8. The average Bonchev–Trinajstić information content (AvgIpc) is 2.84. The van der Waals surface area contributed by atoms with E-state index in [2.05, 4.69) is 18.1 Å². The number of nitrogen functional groups attached to an aromatic ring is 1. The number of anilines is 1. The van der Waals surface area contributed by atoms with Crippen LogP contribution < -0.4 is 11.4 Å². The molecule has 8 N–H and O–H groups in total. The van der Waals surface area contributed by atoms with Crippen molar-refractivity contribution in [3.8, 4) is 0 Å². The Balaban J connectivity index is 2.17. The third-order valence-corrected chi connectivity index (χ3v) is 7.52. The van der Waals surface area contributed by atoms with Crippen molar-refractivity contribution in [3.63, 3.8) is 0 Å². The zero-order valence-corrected chi connectivity index (χ0v) is 18.2. The number of aliphatic hydroxyl groups is 2. The molecule has 2 heterocycles. The van der Waals surface area contributed by atoms with Crippen molar-refractivity contribution >= 4 is 29.3 Å². The minimum atomic E-state index is -5.84. The summed E-state index contributed by atoms with van der Waals surface area (Å²) >= 11 is 0. The van der Waals surface area contributed by atoms with Gasteiger partial charge in [-0.05, 0) is 0 Å². The van der Waals surface area contributed by atoms with Crippen LogP contribution >= 0.6 is 23.5 Å². The quantitative estimate of drug-likeness (QED) is 0.187. The molecule has 0 spiro atoms. The second-order valence-electron chi connectivity index (χ2n) is 6.16. The number of rotatable bonds is 8. The fraction of sp³-hybridized carbons (Fsp3) is 0.600. The van der Waals surface area contributed by atoms with Gasteiger partial charge in [0.15, 0.2) is 6.23 Å². The van der Waals surface area contributed by atoms with Gasteiger partial charge in [0, 0.05) is 6.20 Å². The molecule has 0 aromatic carbocycles. The van der Waals surface area contributed by atoms with Crippen LogP contribution in [0, 0.1) is 0 Å². The van der Waals surface area contributed by atoms with Crippen LogP contribution in [0.1, 0.15) is 11.8 Å². The SMILES string of the molecule is Nc1nc(=O)n([C@@H]2O[C@H](COP(=O)(O)OP(=O)(O)OP(=O)(O)O)C(O)C2O)cc1C(F)(F)F. The molecule has 190 valence electrons. The third-order valence-electron chi connectivity index (χ3n) is 3.72. The van der Waals surface area contributed by atoms with E-state index in [9.17, 15) is 46.8 Å². The molecular formula is C10H15F3N3O14P3. The Morgan fingerprint density at radius 2 is 1.67 bits per heavy atom. The van der Waals surface area contributed by atoms with E-state index in [1.54, 1.807) is 0 Å². The Bertz CT molecular complexity index is 1090. The van der Waals surface area contributed by atoms with Crippen LogP contribution in [-0.4, -0.2) is 64.3 Å². The van der Waals surface area contributed by atoms with Gasteiger partial charge in [0.2, 0.25) is 0 Å². The number of halogens is 3. The van der Waals surface area contributed by atoms with E-state index in [-0.39, 0.29) is 10.8 Å². The van der Waals surface area contributed by atoms with Crippen LogP contribution in [-0.2, 0) is 37.8 Å². The van der Waals surface area contributed by atoms with Crippen molar-refractivity contribution in [2.45, 2.75) is 30.7 Å². The average molecular weight is 551 g/mol. The van der Waals surface area contributed by atoms with Gasteiger partial charge in [-0.15, -0.1) is 0 Å². The molecule has 6 atom stereocenters. The van der Waals surface area contributed by atoms with E-state index in [4.69, 9.17) is 25.2 Å². The van der Waals surface area contributed by atoms with Crippen LogP contribution in [0.4, 0.5) is 19.0 Å². The monoisotopic (exact) mass is 551 g/mol. The summed E-state index contributed by atoms with van der Waals surface area (Å²) in [4.78, 5) is 50.2. The maximum Gasteiger partial charge on any atom is 0.490 e. The van der Waals surface area contributed by atoms with Gasteiger partial charge in [-0.25, -0.2) is 18.5 Å². The number of hydrogen-bond acceptors (Lipinski definition) is 12. The smallest absolute Gasteiger partial charge is 0.387 e. The molecular weight excluding hydrogens is 536 g/mol. The highest BCUT2D eigenvalue weighted by molar-refractivity contribution is 7.66. The third kappa shape index (κ3) is 7.37. The molecule has 23 heteroatoms. The van der Waals surface area contributed by atoms with Crippen molar-refractivity contribution in [3.05, 3.63) is 22.2 Å². The molecule has 1 aliphatic rings. The number of aromatic nitrogens is 2. The molecule has 0 saturated carbocycles. The summed E-state index contributed by atoms with van der Waals surface area (Å²) in [7, 11) is -17.1. The van der Waals surface area contributed by atoms with E-state index >= 15 is 0 Å². The Labute approximate surface area is 179 Å². The molecule has 1 aliphatic heterocycles. The van der Waals surface area contributed by atoms with E-state index in [1.165, 1.54) is 0 Å². The number of aliphatic hydroxyl groups excluding tert-OH is 2. The highest BCUT2D eigenvalue weighted by Gasteiger charge is 2.47. The van der Waals surface area contributed by atoms with E-state index in [0.717, 1.165) is 0 Å². The molecule has 0 bridgehead atoms. The lowest BCUT2D eigenvalue weighted by atomic mass is 10.1. The summed E-state index contributed by atoms with van der Waals surface area (Å²) < 4.78 is 88.8. The lowest BCUT2D eigenvalue weighted by Crippen LogP contribution is -2.37. The summed E-state index contributed by atoms with van der Waals surface area (Å²) in [6.07, 6.45) is -12.9. The number of nitrogens with two attached hydrogens (primary N) is 1. The minimum absolute atomic E-state index is 0.137. The minimum Gasteiger partial charge on any atom is -0.387 e. The molecule has 1 fully saturated rings. The largest absolute Gasteiger partial charge is 0.490 e. The molecule has 2 rings (SSSR count). The van der Waals surface area contributed by atoms with Crippen LogP contribution in [0.25, 0.3) is 0 Å². The van der Waals surface area contributed by atoms with Crippen LogP contribution in [0.15, 0.2) is 11.0 Å². The molecule has 1 aromatic heterocycles. The van der Waals surface area contributed by atoms with Gasteiger partial charge in [-0.1, -0.05) is 0 Å². The summed E-state index contributed by atoms with van der Waals surface area (Å²) in [6, 6.07) is 0. The van der Waals surface area contributed by atoms with Crippen LogP contribution in [0.5, 0.6) is 0 Å². The number of hydrogen-bond donors (Lipinski definition) is 7. The van der Waals surface area contributed by atoms with Crippen molar-refractivity contribution in [2.75, 3.05) is 12.3 Å². The fourth-order valence-electron chi connectivity index (χ4n) is 2.45. The zero-order chi connectivity index (χ0) is 25.6. The lowest BCUT2D eigenvalue weighted by Gasteiger charge is -2.20. The van der Waals surface area contributed by atoms with Gasteiger partial charge in [0.1, 0.15) is 29.7 Å². The van der Waals surface area contributed by atoms with Gasteiger partial charge >= 0.3 is 35.3 Å². The topological polar surface area (TPSA) is 270 Å². The Morgan fingerprint density at radius 3 is 2.18 bits per heavy atom. The zero-order valence-electron chi connectivity index (χ0n) is 15.5. The molecule has 1 aromatic rings. The first-order valence-corrected chi connectivity index (χ1v) is 12.5. The van der Waals surface area contributed by atoms with E-state index in [1.807, 2.05) is 0 Å². The summed E-state index contributed by atoms with van der Waals surface area (Å²) in [5, 5.41) is 20.0. The van der Waals surface area contributed by atoms with Gasteiger partial charge in [0.25, 0.3) is 0 Å². The van der Waals surface area contributed by atoms with Crippen molar-refractivity contribution in [1.29, 1.82) is 0 Å². The van der Waals surface area contributed by atoms with Gasteiger partial charge in [0.05, 0.1) is 6.61 Å². The molecule has 33 heavy (non-hydrogen) atoms. The first kappa shape index (κ1) is 28.0. The van der Waals surface area contributed by atoms with Gasteiger partial charge in [-0.3, -0.25) is 9.09 Å². The molecule has 0 amide bonds. The second-order valence-corrected chi connectivity index (χ2v) is 10.6. The Hall–Kier alpha value is -1.24. The highest BCUT2D eigenvalue weighted by Crippen LogP contribution is 2.66. The molecule has 0 aliphatic carbocycles. The summed E-state index contributed by atoms with van der Waals surface area (Å²) in [6.45, 7) is -1.25. The van der Waals surface area contributed by atoms with E-state index < -0.39 is 77.9 Å². The first-order valence-electron chi connectivity index (χ1n) is 7.98. The summed E-state index contributed by atoms with van der Waals surface area (Å²) in [5.74, 6) is -1.18. The van der Waals surface area contributed by atoms with Gasteiger partial charge in [-0.2, -0.15) is 26.8 Å². The number of ether oxygens (including phenoxy) is 1. The van der Waals surface area contributed by atoms with Crippen molar-refractivity contribution in [2.24, 2.45) is 0 Å². The van der Waals surface area contributed by atoms with Crippen LogP contribution in [0.2, 0.25) is 0 Å². The van der Waals surface area contributed by atoms with Gasteiger partial charge < -0.3 is 40.3 Å². The second kappa shape index (κ2) is 9.43. The maximum absolute atomic E-state index is 13.0. The molecule has 0 radical (unpaired) electrons.